The highest BCUT2D eigenvalue weighted by Gasteiger charge is 2.25. The Morgan fingerprint density at radius 3 is 2.14 bits per heavy atom. The summed E-state index contributed by atoms with van der Waals surface area (Å²) in [5, 5.41) is 8.67. The molecule has 5 heterocycles. The van der Waals surface area contributed by atoms with Crippen LogP contribution in [0.1, 0.15) is 11.3 Å². The second-order valence-electron chi connectivity index (χ2n) is 12.9. The Morgan fingerprint density at radius 2 is 1.27 bits per heavy atom. The first kappa shape index (κ1) is 29.2. The topological polar surface area (TPSA) is 30.7 Å². The van der Waals surface area contributed by atoms with Crippen LogP contribution in [0, 0.1) is 0 Å². The molecule has 1 aliphatic rings. The molecule has 0 unspecified atom stereocenters. The molecule has 1 aliphatic heterocycles. The molecule has 11 rings (SSSR count). The molecule has 4 aromatic heterocycles. The zero-order chi connectivity index (χ0) is 33.6. The summed E-state index contributed by atoms with van der Waals surface area (Å²) in [6.07, 6.45) is 6.48. The summed E-state index contributed by atoms with van der Waals surface area (Å²) in [6, 6.07) is 43.6. The molecule has 0 N–H and O–H groups in total. The zero-order valence-corrected chi connectivity index (χ0v) is 29.7. The zero-order valence-electron chi connectivity index (χ0n) is 27.3. The molecular weight excluding hydrogens is 679 g/mol. The third-order valence-electron chi connectivity index (χ3n) is 10.1. The fraction of sp³-hybridized carbons (Fsp3) is 0.0222. The van der Waals surface area contributed by atoms with E-state index in [-0.39, 0.29) is 0 Å². The van der Waals surface area contributed by atoms with Crippen molar-refractivity contribution in [3.8, 4) is 5.95 Å². The van der Waals surface area contributed by atoms with Crippen LogP contribution in [0.15, 0.2) is 151 Å². The minimum absolute atomic E-state index is 0.693. The summed E-state index contributed by atoms with van der Waals surface area (Å²) < 4.78 is 7.26. The van der Waals surface area contributed by atoms with E-state index in [1.54, 1.807) is 11.3 Å². The summed E-state index contributed by atoms with van der Waals surface area (Å²) in [4.78, 5) is 12.4. The summed E-state index contributed by atoms with van der Waals surface area (Å²) in [5.74, 6) is 1.46. The van der Waals surface area contributed by atoms with Crippen LogP contribution in [-0.4, -0.2) is 20.3 Å². The number of rotatable bonds is 2. The second-order valence-corrected chi connectivity index (χ2v) is 16.1. The number of thioether (sulfide) groups is 1. The summed E-state index contributed by atoms with van der Waals surface area (Å²) in [5.41, 5.74) is 7.59. The highest BCUT2D eigenvalue weighted by molar-refractivity contribution is 7.99. The van der Waals surface area contributed by atoms with Crippen molar-refractivity contribution in [2.75, 3.05) is 5.75 Å². The lowest BCUT2D eigenvalue weighted by molar-refractivity contribution is 1.01. The summed E-state index contributed by atoms with van der Waals surface area (Å²) in [6.45, 7) is 4.39. The lowest BCUT2D eigenvalue weighted by atomic mass is 10.00. The van der Waals surface area contributed by atoms with Crippen molar-refractivity contribution in [3.05, 3.63) is 157 Å². The molecule has 0 radical (unpaired) electrons. The molecule has 0 saturated heterocycles. The van der Waals surface area contributed by atoms with Gasteiger partial charge in [0.2, 0.25) is 5.95 Å². The van der Waals surface area contributed by atoms with Gasteiger partial charge in [-0.1, -0.05) is 122 Å². The van der Waals surface area contributed by atoms with E-state index in [0.29, 0.717) is 5.95 Å². The van der Waals surface area contributed by atoms with E-state index >= 15 is 0 Å². The van der Waals surface area contributed by atoms with Gasteiger partial charge in [-0.3, -0.25) is 4.57 Å². The van der Waals surface area contributed by atoms with Gasteiger partial charge in [-0.25, -0.2) is 9.97 Å². The number of allylic oxidation sites excluding steroid dienone is 4. The molecule has 0 amide bonds. The van der Waals surface area contributed by atoms with Crippen LogP contribution < -0.4 is 0 Å². The molecule has 0 atom stereocenters. The predicted octanol–water partition coefficient (Wildman–Crippen LogP) is 13.2. The Morgan fingerprint density at radius 1 is 0.608 bits per heavy atom. The van der Waals surface area contributed by atoms with Crippen molar-refractivity contribution >= 4 is 119 Å². The van der Waals surface area contributed by atoms with E-state index in [2.05, 4.69) is 151 Å². The van der Waals surface area contributed by atoms with E-state index in [4.69, 9.17) is 9.97 Å². The van der Waals surface area contributed by atoms with Gasteiger partial charge in [-0.2, -0.15) is 0 Å². The number of para-hydroxylation sites is 1. The molecule has 3 nitrogen and oxygen atoms in total. The largest absolute Gasteiger partial charge is 0.277 e. The van der Waals surface area contributed by atoms with Crippen LogP contribution in [0.4, 0.5) is 0 Å². The quantitative estimate of drug-likeness (QED) is 0.179. The number of hydrogen-bond donors (Lipinski definition) is 0. The van der Waals surface area contributed by atoms with Crippen LogP contribution in [-0.2, 0) is 0 Å². The summed E-state index contributed by atoms with van der Waals surface area (Å²) in [7, 11) is 0. The Kier molecular flexibility index (Phi) is 6.44. The van der Waals surface area contributed by atoms with Crippen molar-refractivity contribution in [3.63, 3.8) is 0 Å². The van der Waals surface area contributed by atoms with E-state index in [1.165, 1.54) is 62.4 Å². The highest BCUT2D eigenvalue weighted by atomic mass is 32.2. The Labute approximate surface area is 305 Å². The van der Waals surface area contributed by atoms with Gasteiger partial charge in [-0.15, -0.1) is 34.4 Å². The minimum Gasteiger partial charge on any atom is -0.277 e. The average Bonchev–Trinajstić information content (AvgIpc) is 3.87. The number of benzene rings is 6. The maximum atomic E-state index is 5.62. The molecule has 6 heteroatoms. The van der Waals surface area contributed by atoms with Gasteiger partial charge in [0.15, 0.2) is 0 Å². The van der Waals surface area contributed by atoms with Crippen LogP contribution in [0.5, 0.6) is 0 Å². The molecule has 6 aromatic carbocycles. The number of nitrogens with zero attached hydrogens (tertiary/aromatic N) is 3. The normalized spacial score (nSPS) is 15.5. The first-order valence-corrected chi connectivity index (χ1v) is 19.6. The summed E-state index contributed by atoms with van der Waals surface area (Å²) >= 11 is 5.50. The van der Waals surface area contributed by atoms with Crippen molar-refractivity contribution in [1.29, 1.82) is 0 Å². The van der Waals surface area contributed by atoms with Crippen LogP contribution in [0.2, 0.25) is 0 Å². The first-order chi connectivity index (χ1) is 25.2. The van der Waals surface area contributed by atoms with E-state index in [1.807, 2.05) is 23.1 Å². The maximum Gasteiger partial charge on any atom is 0.235 e. The van der Waals surface area contributed by atoms with Crippen LogP contribution in [0.3, 0.4) is 0 Å². The monoisotopic (exact) mass is 705 g/mol. The number of aromatic nitrogens is 3. The van der Waals surface area contributed by atoms with Crippen molar-refractivity contribution in [1.82, 2.24) is 14.5 Å². The van der Waals surface area contributed by atoms with Gasteiger partial charge in [0.25, 0.3) is 0 Å². The number of fused-ring (bicyclic) bond motifs is 14. The molecule has 0 bridgehead atoms. The molecule has 51 heavy (non-hydrogen) atoms. The van der Waals surface area contributed by atoms with E-state index in [0.717, 1.165) is 43.7 Å². The number of thiophene rings is 2. The molecule has 0 spiro atoms. The van der Waals surface area contributed by atoms with E-state index in [9.17, 15) is 0 Å². The Bertz CT molecular complexity index is 3170. The Balaban J connectivity index is 1.29. The predicted molar refractivity (Wildman–Crippen MR) is 223 cm³/mol. The Hall–Kier alpha value is -5.53. The molecule has 0 aliphatic carbocycles. The average molecular weight is 706 g/mol. The lowest BCUT2D eigenvalue weighted by Gasteiger charge is -2.13. The molecule has 0 fully saturated rings. The van der Waals surface area contributed by atoms with E-state index < -0.39 is 0 Å². The van der Waals surface area contributed by atoms with Crippen molar-refractivity contribution in [2.24, 2.45) is 0 Å². The third kappa shape index (κ3) is 4.31. The van der Waals surface area contributed by atoms with Gasteiger partial charge in [0.05, 0.1) is 26.9 Å². The smallest absolute Gasteiger partial charge is 0.235 e. The lowest BCUT2D eigenvalue weighted by Crippen LogP contribution is -2.05. The highest BCUT2D eigenvalue weighted by Crippen LogP contribution is 2.48. The van der Waals surface area contributed by atoms with Crippen molar-refractivity contribution < 1.29 is 0 Å². The standard InChI is InChI=1S/C45H27N3S3/c1-26-13-12-14-27(25-49-35-22-9-5-15-28(26)35)40-44-41(33-20-7-11-24-37(33)51-44)47-45(46-40)48-34-21-8-4-18-31(34)38-29-16-2-3-17-30(29)43-39(42(38)48)32-19-6-10-23-36(32)50-43/h2-24H,1,25H2/b13-12-,27-14+. The van der Waals surface area contributed by atoms with Gasteiger partial charge >= 0.3 is 0 Å². The maximum absolute atomic E-state index is 5.62. The first-order valence-electron chi connectivity index (χ1n) is 17.0. The SMILES string of the molecule is C=C1/C=C\C=C(\c2nc(-n3c4ccccc4c4c5ccccc5c5sc6ccccc6c5c43)nc3c2sc2ccccc23)CSc2ccccc21. The molecular formula is C45H27N3S3. The van der Waals surface area contributed by atoms with Crippen LogP contribution >= 0.6 is 34.4 Å². The minimum atomic E-state index is 0.693. The third-order valence-corrected chi connectivity index (χ3v) is 13.6. The van der Waals surface area contributed by atoms with Gasteiger partial charge in [0.1, 0.15) is 0 Å². The van der Waals surface area contributed by atoms with Gasteiger partial charge < -0.3 is 0 Å². The molecule has 0 saturated carbocycles. The molecule has 240 valence electrons. The van der Waals surface area contributed by atoms with Crippen LogP contribution in [0.25, 0.3) is 90.1 Å². The fourth-order valence-corrected chi connectivity index (χ4v) is 11.3. The van der Waals surface area contributed by atoms with Gasteiger partial charge in [0, 0.05) is 57.1 Å². The van der Waals surface area contributed by atoms with Gasteiger partial charge in [-0.05, 0) is 46.4 Å². The second kappa shape index (κ2) is 11.2. The number of hydrogen-bond acceptors (Lipinski definition) is 5. The molecule has 10 aromatic rings. The van der Waals surface area contributed by atoms with Crippen molar-refractivity contribution in [2.45, 2.75) is 4.90 Å². The fourth-order valence-electron chi connectivity index (χ4n) is 7.80.